The number of nitrogens with one attached hydrogen (secondary N) is 1. The zero-order valence-electron chi connectivity index (χ0n) is 16.4. The van der Waals surface area contributed by atoms with Crippen molar-refractivity contribution in [3.63, 3.8) is 0 Å². The molecule has 3 heterocycles. The van der Waals surface area contributed by atoms with Gasteiger partial charge in [-0.2, -0.15) is 0 Å². The number of imidazole rings is 1. The fourth-order valence-electron chi connectivity index (χ4n) is 4.49. The van der Waals surface area contributed by atoms with Gasteiger partial charge in [0.25, 0.3) is 0 Å². The van der Waals surface area contributed by atoms with E-state index < -0.39 is 6.10 Å². The molecule has 4 aromatic rings. The standard InChI is InChI=1S/C23H26N4O2/c28-20(15-29-14-16-7-3-1-4-8-16)23-26-19-13-25-22-18(11-12-24-22)21(19)27(23)17-9-5-2-6-10-17/h1,3-4,7-8,11-13,17,20,28H,2,5-6,9-10,14-15H2,(H,24,25)/t20-/m0/s1. The van der Waals surface area contributed by atoms with E-state index in [9.17, 15) is 5.11 Å². The minimum absolute atomic E-state index is 0.217. The number of aliphatic hydroxyl groups is 1. The Kier molecular flexibility index (Phi) is 5.04. The fraction of sp³-hybridized carbons (Fsp3) is 0.391. The molecule has 1 aliphatic rings. The van der Waals surface area contributed by atoms with E-state index in [0.29, 0.717) is 18.5 Å². The summed E-state index contributed by atoms with van der Waals surface area (Å²) in [5.74, 6) is 0.690. The van der Waals surface area contributed by atoms with Gasteiger partial charge in [-0.3, -0.25) is 0 Å². The summed E-state index contributed by atoms with van der Waals surface area (Å²) in [6.07, 6.45) is 8.87. The number of hydrogen-bond donors (Lipinski definition) is 2. The molecule has 0 radical (unpaired) electrons. The second-order valence-corrected chi connectivity index (χ2v) is 7.88. The number of aliphatic hydroxyl groups excluding tert-OH is 1. The summed E-state index contributed by atoms with van der Waals surface area (Å²) in [4.78, 5) is 12.5. The van der Waals surface area contributed by atoms with Gasteiger partial charge in [0.2, 0.25) is 0 Å². The molecule has 0 spiro atoms. The van der Waals surface area contributed by atoms with Gasteiger partial charge in [-0.1, -0.05) is 49.6 Å². The average molecular weight is 390 g/mol. The van der Waals surface area contributed by atoms with Crippen LogP contribution in [0.15, 0.2) is 48.8 Å². The number of aromatic amines is 1. The summed E-state index contributed by atoms with van der Waals surface area (Å²) >= 11 is 0. The summed E-state index contributed by atoms with van der Waals surface area (Å²) in [5, 5.41) is 12.1. The van der Waals surface area contributed by atoms with E-state index in [4.69, 9.17) is 9.72 Å². The molecule has 1 aliphatic carbocycles. The third-order valence-electron chi connectivity index (χ3n) is 5.89. The number of benzene rings is 1. The molecule has 0 aliphatic heterocycles. The van der Waals surface area contributed by atoms with Crippen LogP contribution in [0.4, 0.5) is 0 Å². The quantitative estimate of drug-likeness (QED) is 0.502. The summed E-state index contributed by atoms with van der Waals surface area (Å²) in [6, 6.07) is 12.4. The Morgan fingerprint density at radius 3 is 2.79 bits per heavy atom. The molecule has 5 rings (SSSR count). The minimum atomic E-state index is -0.776. The topological polar surface area (TPSA) is 76.0 Å². The molecule has 0 bridgehead atoms. The van der Waals surface area contributed by atoms with E-state index in [1.54, 1.807) is 6.20 Å². The molecule has 29 heavy (non-hydrogen) atoms. The lowest BCUT2D eigenvalue weighted by atomic mass is 9.95. The van der Waals surface area contributed by atoms with Crippen molar-refractivity contribution < 1.29 is 9.84 Å². The predicted molar refractivity (Wildman–Crippen MR) is 113 cm³/mol. The Labute approximate surface area is 169 Å². The van der Waals surface area contributed by atoms with Crippen molar-refractivity contribution in [2.24, 2.45) is 0 Å². The number of hydrogen-bond acceptors (Lipinski definition) is 4. The molecule has 2 N–H and O–H groups in total. The van der Waals surface area contributed by atoms with Gasteiger partial charge >= 0.3 is 0 Å². The first-order valence-electron chi connectivity index (χ1n) is 10.4. The normalized spacial score (nSPS) is 16.6. The SMILES string of the molecule is O[C@@H](COCc1ccccc1)c1nc2cnc3[nH]ccc3c2n1C1CCCCC1. The highest BCUT2D eigenvalue weighted by molar-refractivity contribution is 6.01. The van der Waals surface area contributed by atoms with E-state index in [0.717, 1.165) is 40.5 Å². The van der Waals surface area contributed by atoms with Crippen molar-refractivity contribution in [2.45, 2.75) is 50.9 Å². The molecule has 6 heteroatoms. The van der Waals surface area contributed by atoms with Crippen molar-refractivity contribution in [1.82, 2.24) is 19.5 Å². The van der Waals surface area contributed by atoms with Gasteiger partial charge in [0.15, 0.2) is 0 Å². The van der Waals surface area contributed by atoms with Crippen LogP contribution in [0.25, 0.3) is 22.1 Å². The van der Waals surface area contributed by atoms with Crippen LogP contribution >= 0.6 is 0 Å². The highest BCUT2D eigenvalue weighted by Gasteiger charge is 2.26. The van der Waals surface area contributed by atoms with Crippen molar-refractivity contribution in [3.05, 3.63) is 60.2 Å². The largest absolute Gasteiger partial charge is 0.383 e. The molecule has 1 atom stereocenters. The Morgan fingerprint density at radius 2 is 1.97 bits per heavy atom. The minimum Gasteiger partial charge on any atom is -0.383 e. The Morgan fingerprint density at radius 1 is 1.14 bits per heavy atom. The Balaban J connectivity index is 1.48. The first-order chi connectivity index (χ1) is 14.3. The molecule has 0 amide bonds. The second kappa shape index (κ2) is 7.97. The fourth-order valence-corrected chi connectivity index (χ4v) is 4.49. The molecule has 1 saturated carbocycles. The van der Waals surface area contributed by atoms with Crippen LogP contribution in [0.5, 0.6) is 0 Å². The maximum Gasteiger partial charge on any atom is 0.141 e. The second-order valence-electron chi connectivity index (χ2n) is 7.88. The summed E-state index contributed by atoms with van der Waals surface area (Å²) < 4.78 is 8.09. The lowest BCUT2D eigenvalue weighted by molar-refractivity contribution is 0.0210. The van der Waals surface area contributed by atoms with Gasteiger partial charge in [-0.05, 0) is 24.5 Å². The van der Waals surface area contributed by atoms with E-state index in [-0.39, 0.29) is 6.61 Å². The van der Waals surface area contributed by atoms with Crippen molar-refractivity contribution in [1.29, 1.82) is 0 Å². The highest BCUT2D eigenvalue weighted by atomic mass is 16.5. The Hall–Kier alpha value is -2.70. The van der Waals surface area contributed by atoms with E-state index in [1.807, 2.05) is 42.6 Å². The number of nitrogens with zero attached hydrogens (tertiary/aromatic N) is 3. The summed E-state index contributed by atoms with van der Waals surface area (Å²) in [5.41, 5.74) is 3.86. The first-order valence-corrected chi connectivity index (χ1v) is 10.4. The number of H-pyrrole nitrogens is 1. The number of aromatic nitrogens is 4. The molecule has 150 valence electrons. The van der Waals surface area contributed by atoms with Gasteiger partial charge in [-0.25, -0.2) is 9.97 Å². The third kappa shape index (κ3) is 3.54. The van der Waals surface area contributed by atoms with Gasteiger partial charge < -0.3 is 19.4 Å². The van der Waals surface area contributed by atoms with Crippen LogP contribution in [0, 0.1) is 0 Å². The zero-order chi connectivity index (χ0) is 19.6. The average Bonchev–Trinajstić information content (AvgIpc) is 3.39. The monoisotopic (exact) mass is 390 g/mol. The van der Waals surface area contributed by atoms with Crippen molar-refractivity contribution >= 4 is 22.1 Å². The number of ether oxygens (including phenoxy) is 1. The molecule has 1 fully saturated rings. The van der Waals surface area contributed by atoms with Gasteiger partial charge in [0, 0.05) is 17.6 Å². The van der Waals surface area contributed by atoms with Gasteiger partial charge in [-0.15, -0.1) is 0 Å². The van der Waals surface area contributed by atoms with Crippen LogP contribution in [-0.2, 0) is 11.3 Å². The number of rotatable bonds is 6. The van der Waals surface area contributed by atoms with E-state index >= 15 is 0 Å². The molecular weight excluding hydrogens is 364 g/mol. The van der Waals surface area contributed by atoms with Crippen LogP contribution in [0.1, 0.15) is 55.6 Å². The first kappa shape index (κ1) is 18.3. The zero-order valence-corrected chi connectivity index (χ0v) is 16.4. The lowest BCUT2D eigenvalue weighted by Gasteiger charge is -2.27. The lowest BCUT2D eigenvalue weighted by Crippen LogP contribution is -2.20. The maximum absolute atomic E-state index is 11.0. The van der Waals surface area contributed by atoms with Crippen LogP contribution in [0.2, 0.25) is 0 Å². The molecular formula is C23H26N4O2. The van der Waals surface area contributed by atoms with E-state index in [2.05, 4.69) is 14.5 Å². The van der Waals surface area contributed by atoms with E-state index in [1.165, 1.54) is 19.3 Å². The van der Waals surface area contributed by atoms with Crippen molar-refractivity contribution in [2.75, 3.05) is 6.61 Å². The van der Waals surface area contributed by atoms with Crippen LogP contribution in [-0.4, -0.2) is 31.2 Å². The van der Waals surface area contributed by atoms with Crippen LogP contribution in [0.3, 0.4) is 0 Å². The van der Waals surface area contributed by atoms with Crippen LogP contribution < -0.4 is 0 Å². The molecule has 0 unspecified atom stereocenters. The number of pyridine rings is 1. The summed E-state index contributed by atoms with van der Waals surface area (Å²) in [6.45, 7) is 0.694. The van der Waals surface area contributed by atoms with Gasteiger partial charge in [0.05, 0.1) is 24.9 Å². The van der Waals surface area contributed by atoms with Gasteiger partial charge in [0.1, 0.15) is 23.1 Å². The predicted octanol–water partition coefficient (Wildman–Crippen LogP) is 4.67. The molecule has 0 saturated heterocycles. The Bertz CT molecular complexity index is 1100. The van der Waals surface area contributed by atoms with Crippen molar-refractivity contribution in [3.8, 4) is 0 Å². The molecule has 3 aromatic heterocycles. The maximum atomic E-state index is 11.0. The molecule has 6 nitrogen and oxygen atoms in total. The summed E-state index contributed by atoms with van der Waals surface area (Å²) in [7, 11) is 0. The molecule has 1 aromatic carbocycles. The smallest absolute Gasteiger partial charge is 0.141 e. The third-order valence-corrected chi connectivity index (χ3v) is 5.89. The highest BCUT2D eigenvalue weighted by Crippen LogP contribution is 2.36. The number of fused-ring (bicyclic) bond motifs is 3.